The summed E-state index contributed by atoms with van der Waals surface area (Å²) in [6, 6.07) is 6.87. The van der Waals surface area contributed by atoms with Crippen LogP contribution in [0.25, 0.3) is 0 Å². The summed E-state index contributed by atoms with van der Waals surface area (Å²) in [5.74, 6) is 0.751. The number of hydrogen-bond donors (Lipinski definition) is 2. The first-order chi connectivity index (χ1) is 8.24. The Morgan fingerprint density at radius 3 is 2.76 bits per heavy atom. The van der Waals surface area contributed by atoms with Crippen LogP contribution in [0.15, 0.2) is 36.4 Å². The summed E-state index contributed by atoms with van der Waals surface area (Å²) in [6.07, 6.45) is 7.02. The van der Waals surface area contributed by atoms with Gasteiger partial charge in [0.25, 0.3) is 0 Å². The first kappa shape index (κ1) is 11.7. The van der Waals surface area contributed by atoms with Crippen molar-refractivity contribution in [2.75, 3.05) is 0 Å². The highest BCUT2D eigenvalue weighted by Gasteiger charge is 2.13. The smallest absolute Gasteiger partial charge is 0.220 e. The minimum atomic E-state index is 0.0922. The van der Waals surface area contributed by atoms with E-state index in [4.69, 9.17) is 5.11 Å². The molecule has 0 fully saturated rings. The van der Waals surface area contributed by atoms with E-state index in [1.807, 2.05) is 12.1 Å². The third-order valence-corrected chi connectivity index (χ3v) is 2.99. The Bertz CT molecular complexity index is 409. The highest BCUT2D eigenvalue weighted by molar-refractivity contribution is 5.76. The number of carbonyl (C=O) groups excluding carboxylic acids is 1. The van der Waals surface area contributed by atoms with E-state index < -0.39 is 0 Å². The molecule has 1 aromatic carbocycles. The van der Waals surface area contributed by atoms with Gasteiger partial charge in [-0.2, -0.15) is 0 Å². The highest BCUT2D eigenvalue weighted by atomic mass is 16.3. The first-order valence-corrected chi connectivity index (χ1v) is 5.95. The molecule has 0 bridgehead atoms. The molecule has 0 spiro atoms. The van der Waals surface area contributed by atoms with Gasteiger partial charge in [-0.25, -0.2) is 0 Å². The quantitative estimate of drug-likeness (QED) is 0.781. The molecule has 17 heavy (non-hydrogen) atoms. The second-order valence-corrected chi connectivity index (χ2v) is 4.41. The molecule has 0 saturated carbocycles. The van der Waals surface area contributed by atoms with Crippen molar-refractivity contribution in [1.29, 1.82) is 0 Å². The van der Waals surface area contributed by atoms with Gasteiger partial charge in [0.2, 0.25) is 5.91 Å². The molecule has 3 heteroatoms. The van der Waals surface area contributed by atoms with Gasteiger partial charge in [0.1, 0.15) is 5.75 Å². The van der Waals surface area contributed by atoms with Crippen LogP contribution in [0.3, 0.4) is 0 Å². The molecule has 1 aliphatic carbocycles. The van der Waals surface area contributed by atoms with Crippen LogP contribution in [0, 0.1) is 5.92 Å². The van der Waals surface area contributed by atoms with E-state index in [1.54, 1.807) is 12.1 Å². The van der Waals surface area contributed by atoms with E-state index in [2.05, 4.69) is 17.5 Å². The van der Waals surface area contributed by atoms with E-state index in [0.29, 0.717) is 18.9 Å². The highest BCUT2D eigenvalue weighted by Crippen LogP contribution is 2.20. The lowest BCUT2D eigenvalue weighted by Gasteiger charge is -2.08. The van der Waals surface area contributed by atoms with Crippen molar-refractivity contribution in [3.05, 3.63) is 42.0 Å². The molecular weight excluding hydrogens is 214 g/mol. The lowest BCUT2D eigenvalue weighted by molar-refractivity contribution is -0.121. The molecule has 0 aliphatic heterocycles. The molecule has 0 aromatic heterocycles. The minimum absolute atomic E-state index is 0.0922. The van der Waals surface area contributed by atoms with E-state index in [1.165, 1.54) is 0 Å². The molecule has 2 N–H and O–H groups in total. The fourth-order valence-corrected chi connectivity index (χ4v) is 1.99. The summed E-state index contributed by atoms with van der Waals surface area (Å²) in [6.45, 7) is 0.523. The van der Waals surface area contributed by atoms with Crippen LogP contribution in [0.1, 0.15) is 24.8 Å². The normalized spacial score (nSPS) is 18.2. The van der Waals surface area contributed by atoms with Gasteiger partial charge in [0.05, 0.1) is 0 Å². The van der Waals surface area contributed by atoms with Gasteiger partial charge >= 0.3 is 0 Å². The third kappa shape index (κ3) is 3.63. The zero-order chi connectivity index (χ0) is 12.1. The summed E-state index contributed by atoms with van der Waals surface area (Å²) in [5.41, 5.74) is 0.998. The number of allylic oxidation sites excluding steroid dienone is 2. The van der Waals surface area contributed by atoms with Crippen LogP contribution in [-0.4, -0.2) is 11.0 Å². The molecule has 0 saturated heterocycles. The number of phenolic OH excluding ortho intramolecular Hbond substituents is 1. The van der Waals surface area contributed by atoms with Gasteiger partial charge in [0, 0.05) is 13.0 Å². The Morgan fingerprint density at radius 2 is 2.12 bits per heavy atom. The molecular formula is C14H17NO2. The van der Waals surface area contributed by atoms with Crippen LogP contribution >= 0.6 is 0 Å². The van der Waals surface area contributed by atoms with Gasteiger partial charge in [-0.05, 0) is 36.5 Å². The first-order valence-electron chi connectivity index (χ1n) is 5.95. The largest absolute Gasteiger partial charge is 0.508 e. The standard InChI is InChI=1S/C14H17NO2/c16-13-7-5-12(6-8-13)10-15-14(17)9-11-3-1-2-4-11/h1,3,5-8,11,16H,2,4,9-10H2,(H,15,17). The molecule has 0 heterocycles. The molecule has 3 nitrogen and oxygen atoms in total. The van der Waals surface area contributed by atoms with Gasteiger partial charge < -0.3 is 10.4 Å². The molecule has 1 amide bonds. The number of aromatic hydroxyl groups is 1. The second kappa shape index (κ2) is 5.53. The Labute approximate surface area is 101 Å². The number of benzene rings is 1. The Kier molecular flexibility index (Phi) is 3.81. The Balaban J connectivity index is 1.75. The number of phenols is 1. The van der Waals surface area contributed by atoms with Crippen molar-refractivity contribution in [2.45, 2.75) is 25.8 Å². The molecule has 1 aliphatic rings. The molecule has 1 unspecified atom stereocenters. The maximum atomic E-state index is 11.6. The second-order valence-electron chi connectivity index (χ2n) is 4.41. The summed E-state index contributed by atoms with van der Waals surface area (Å²) in [5, 5.41) is 12.0. The van der Waals surface area contributed by atoms with Gasteiger partial charge in [-0.1, -0.05) is 24.3 Å². The van der Waals surface area contributed by atoms with Gasteiger partial charge in [-0.15, -0.1) is 0 Å². The number of amides is 1. The third-order valence-electron chi connectivity index (χ3n) is 2.99. The van der Waals surface area contributed by atoms with Crippen LogP contribution in [0.5, 0.6) is 5.75 Å². The summed E-state index contributed by atoms with van der Waals surface area (Å²) >= 11 is 0. The van der Waals surface area contributed by atoms with E-state index in [9.17, 15) is 4.79 Å². The van der Waals surface area contributed by atoms with Gasteiger partial charge in [0.15, 0.2) is 0 Å². The van der Waals surface area contributed by atoms with Crippen LogP contribution in [0.4, 0.5) is 0 Å². The van der Waals surface area contributed by atoms with Crippen molar-refractivity contribution in [3.63, 3.8) is 0 Å². The summed E-state index contributed by atoms with van der Waals surface area (Å²) in [4.78, 5) is 11.6. The van der Waals surface area contributed by atoms with Crippen LogP contribution < -0.4 is 5.32 Å². The molecule has 0 radical (unpaired) electrons. The Hall–Kier alpha value is -1.77. The predicted octanol–water partition coefficient (Wildman–Crippen LogP) is 2.36. The average Bonchev–Trinajstić information content (AvgIpc) is 2.81. The zero-order valence-corrected chi connectivity index (χ0v) is 9.73. The van der Waals surface area contributed by atoms with Crippen LogP contribution in [0.2, 0.25) is 0 Å². The fourth-order valence-electron chi connectivity index (χ4n) is 1.99. The molecule has 2 rings (SSSR count). The van der Waals surface area contributed by atoms with Crippen molar-refractivity contribution in [2.24, 2.45) is 5.92 Å². The van der Waals surface area contributed by atoms with Crippen LogP contribution in [-0.2, 0) is 11.3 Å². The average molecular weight is 231 g/mol. The fraction of sp³-hybridized carbons (Fsp3) is 0.357. The topological polar surface area (TPSA) is 49.3 Å². The maximum absolute atomic E-state index is 11.6. The lowest BCUT2D eigenvalue weighted by Crippen LogP contribution is -2.24. The molecule has 1 atom stereocenters. The lowest BCUT2D eigenvalue weighted by atomic mass is 10.1. The van der Waals surface area contributed by atoms with Crippen molar-refractivity contribution in [1.82, 2.24) is 5.32 Å². The van der Waals surface area contributed by atoms with Crippen molar-refractivity contribution < 1.29 is 9.90 Å². The van der Waals surface area contributed by atoms with E-state index in [0.717, 1.165) is 18.4 Å². The number of hydrogen-bond acceptors (Lipinski definition) is 2. The summed E-state index contributed by atoms with van der Waals surface area (Å²) < 4.78 is 0. The monoisotopic (exact) mass is 231 g/mol. The van der Waals surface area contributed by atoms with Crippen molar-refractivity contribution >= 4 is 5.91 Å². The maximum Gasteiger partial charge on any atom is 0.220 e. The van der Waals surface area contributed by atoms with E-state index in [-0.39, 0.29) is 11.7 Å². The Morgan fingerprint density at radius 1 is 1.35 bits per heavy atom. The van der Waals surface area contributed by atoms with E-state index >= 15 is 0 Å². The minimum Gasteiger partial charge on any atom is -0.508 e. The molecule has 1 aromatic rings. The molecule has 90 valence electrons. The predicted molar refractivity (Wildman–Crippen MR) is 66.4 cm³/mol. The SMILES string of the molecule is O=C(CC1C=CCC1)NCc1ccc(O)cc1. The van der Waals surface area contributed by atoms with Crippen molar-refractivity contribution in [3.8, 4) is 5.75 Å². The van der Waals surface area contributed by atoms with Gasteiger partial charge in [-0.3, -0.25) is 4.79 Å². The summed E-state index contributed by atoms with van der Waals surface area (Å²) in [7, 11) is 0. The number of rotatable bonds is 4. The number of carbonyl (C=O) groups is 1. The zero-order valence-electron chi connectivity index (χ0n) is 9.73. The number of nitrogens with one attached hydrogen (secondary N) is 1.